The molecule has 0 radical (unpaired) electrons. The summed E-state index contributed by atoms with van der Waals surface area (Å²) in [6, 6.07) is 0. The van der Waals surface area contributed by atoms with Gasteiger partial charge in [0.25, 0.3) is 0 Å². The van der Waals surface area contributed by atoms with Crippen molar-refractivity contribution in [2.45, 2.75) is 0 Å². The van der Waals surface area contributed by atoms with Gasteiger partial charge in [0, 0.05) is 20.1 Å². The second-order valence-corrected chi connectivity index (χ2v) is 2.21. The molecular formula is C6H12N6. The van der Waals surface area contributed by atoms with E-state index in [4.69, 9.17) is 5.73 Å². The topological polar surface area (TPSA) is 81.7 Å². The van der Waals surface area contributed by atoms with Gasteiger partial charge < -0.3 is 11.1 Å². The van der Waals surface area contributed by atoms with E-state index in [1.54, 1.807) is 11.7 Å². The third-order valence-corrected chi connectivity index (χ3v) is 1.30. The number of anilines is 1. The summed E-state index contributed by atoms with van der Waals surface area (Å²) in [5.41, 5.74) is 5.26. The summed E-state index contributed by atoms with van der Waals surface area (Å²) >= 11 is 0. The number of aryl methyl sites for hydroxylation is 1. The standard InChI is InChI=1S/C6H12N6/c1-12-6(9-10-11-12)8-5-3-2-4-7/h2-3H,4-5,7H2,1H3,(H,8,9,11)/b3-2+. The maximum Gasteiger partial charge on any atom is 0.242 e. The van der Waals surface area contributed by atoms with Crippen molar-refractivity contribution in [2.24, 2.45) is 12.8 Å². The number of nitrogens with one attached hydrogen (secondary N) is 1. The van der Waals surface area contributed by atoms with Crippen LogP contribution in [0, 0.1) is 0 Å². The molecule has 0 aromatic carbocycles. The Kier molecular flexibility index (Phi) is 3.21. The van der Waals surface area contributed by atoms with E-state index in [0.29, 0.717) is 19.0 Å². The molecule has 6 nitrogen and oxygen atoms in total. The molecule has 0 unspecified atom stereocenters. The molecule has 1 heterocycles. The first-order valence-corrected chi connectivity index (χ1v) is 3.66. The van der Waals surface area contributed by atoms with Gasteiger partial charge in [-0.3, -0.25) is 0 Å². The quantitative estimate of drug-likeness (QED) is 0.571. The smallest absolute Gasteiger partial charge is 0.242 e. The maximum absolute atomic E-state index is 5.26. The summed E-state index contributed by atoms with van der Waals surface area (Å²) < 4.78 is 1.57. The van der Waals surface area contributed by atoms with Crippen molar-refractivity contribution in [3.63, 3.8) is 0 Å². The average molecular weight is 168 g/mol. The van der Waals surface area contributed by atoms with Gasteiger partial charge in [-0.25, -0.2) is 4.68 Å². The van der Waals surface area contributed by atoms with Crippen molar-refractivity contribution >= 4 is 5.95 Å². The van der Waals surface area contributed by atoms with E-state index in [9.17, 15) is 0 Å². The Labute approximate surface area is 70.4 Å². The highest BCUT2D eigenvalue weighted by Crippen LogP contribution is 1.93. The van der Waals surface area contributed by atoms with Crippen LogP contribution in [0.5, 0.6) is 0 Å². The molecule has 12 heavy (non-hydrogen) atoms. The molecule has 0 atom stereocenters. The molecule has 1 rings (SSSR count). The fourth-order valence-electron chi connectivity index (χ4n) is 0.709. The van der Waals surface area contributed by atoms with Crippen molar-refractivity contribution in [1.82, 2.24) is 20.2 Å². The molecule has 1 aromatic heterocycles. The number of nitrogens with two attached hydrogens (primary N) is 1. The largest absolute Gasteiger partial charge is 0.350 e. The first kappa shape index (κ1) is 8.66. The highest BCUT2D eigenvalue weighted by atomic mass is 15.6. The van der Waals surface area contributed by atoms with E-state index in [1.807, 2.05) is 12.2 Å². The van der Waals surface area contributed by atoms with E-state index in [0.717, 1.165) is 0 Å². The first-order valence-electron chi connectivity index (χ1n) is 3.66. The predicted molar refractivity (Wildman–Crippen MR) is 45.5 cm³/mol. The van der Waals surface area contributed by atoms with Crippen LogP contribution in [0.2, 0.25) is 0 Å². The normalized spacial score (nSPS) is 10.8. The number of hydrogen-bond acceptors (Lipinski definition) is 5. The summed E-state index contributed by atoms with van der Waals surface area (Å²) in [5.74, 6) is 0.650. The van der Waals surface area contributed by atoms with Crippen LogP contribution in [-0.2, 0) is 7.05 Å². The molecule has 66 valence electrons. The first-order chi connectivity index (χ1) is 5.84. The van der Waals surface area contributed by atoms with Gasteiger partial charge in [-0.2, -0.15) is 0 Å². The summed E-state index contributed by atoms with van der Waals surface area (Å²) in [4.78, 5) is 0. The number of nitrogens with zero attached hydrogens (tertiary/aromatic N) is 4. The molecule has 0 saturated heterocycles. The second-order valence-electron chi connectivity index (χ2n) is 2.21. The highest BCUT2D eigenvalue weighted by Gasteiger charge is 1.96. The molecule has 0 aliphatic rings. The van der Waals surface area contributed by atoms with Crippen LogP contribution in [-0.4, -0.2) is 33.3 Å². The zero-order chi connectivity index (χ0) is 8.81. The summed E-state index contributed by atoms with van der Waals surface area (Å²) in [6.07, 6.45) is 3.80. The lowest BCUT2D eigenvalue weighted by atomic mass is 10.5. The molecule has 0 fully saturated rings. The van der Waals surface area contributed by atoms with Gasteiger partial charge in [-0.05, 0) is 10.4 Å². The Hall–Kier alpha value is -1.43. The Morgan fingerprint density at radius 1 is 1.58 bits per heavy atom. The number of tetrazole rings is 1. The minimum atomic E-state index is 0.554. The van der Waals surface area contributed by atoms with Crippen molar-refractivity contribution in [1.29, 1.82) is 0 Å². The summed E-state index contributed by atoms with van der Waals surface area (Å²) in [6.45, 7) is 1.24. The molecule has 0 saturated carbocycles. The number of rotatable bonds is 4. The van der Waals surface area contributed by atoms with Crippen LogP contribution in [0.4, 0.5) is 5.95 Å². The zero-order valence-electron chi connectivity index (χ0n) is 6.94. The summed E-state index contributed by atoms with van der Waals surface area (Å²) in [5, 5.41) is 13.9. The predicted octanol–water partition coefficient (Wildman–Crippen LogP) is -0.863. The van der Waals surface area contributed by atoms with Crippen molar-refractivity contribution in [3.8, 4) is 0 Å². The Morgan fingerprint density at radius 2 is 2.42 bits per heavy atom. The molecule has 0 aliphatic heterocycles. The lowest BCUT2D eigenvalue weighted by Gasteiger charge is -1.98. The minimum absolute atomic E-state index is 0.554. The van der Waals surface area contributed by atoms with Crippen molar-refractivity contribution in [3.05, 3.63) is 12.2 Å². The van der Waals surface area contributed by atoms with Gasteiger partial charge in [0.1, 0.15) is 0 Å². The van der Waals surface area contributed by atoms with Crippen LogP contribution in [0.1, 0.15) is 0 Å². The SMILES string of the molecule is Cn1nnnc1NC/C=C/CN. The van der Waals surface area contributed by atoms with Gasteiger partial charge in [-0.15, -0.1) is 0 Å². The molecule has 0 spiro atoms. The minimum Gasteiger partial charge on any atom is -0.350 e. The van der Waals surface area contributed by atoms with Gasteiger partial charge in [0.05, 0.1) is 0 Å². The van der Waals surface area contributed by atoms with E-state index < -0.39 is 0 Å². The summed E-state index contributed by atoms with van der Waals surface area (Å²) in [7, 11) is 1.77. The van der Waals surface area contributed by atoms with Crippen LogP contribution in [0.25, 0.3) is 0 Å². The van der Waals surface area contributed by atoms with Gasteiger partial charge in [0.2, 0.25) is 5.95 Å². The maximum atomic E-state index is 5.26. The molecule has 3 N–H and O–H groups in total. The van der Waals surface area contributed by atoms with Crippen LogP contribution in [0.15, 0.2) is 12.2 Å². The van der Waals surface area contributed by atoms with E-state index >= 15 is 0 Å². The molecule has 0 bridgehead atoms. The van der Waals surface area contributed by atoms with E-state index in [-0.39, 0.29) is 0 Å². The fourth-order valence-corrected chi connectivity index (χ4v) is 0.709. The lowest BCUT2D eigenvalue weighted by molar-refractivity contribution is 0.713. The Morgan fingerprint density at radius 3 is 3.00 bits per heavy atom. The highest BCUT2D eigenvalue weighted by molar-refractivity contribution is 5.22. The Balaban J connectivity index is 2.33. The average Bonchev–Trinajstić information content (AvgIpc) is 2.46. The Bertz CT molecular complexity index is 252. The van der Waals surface area contributed by atoms with Crippen LogP contribution < -0.4 is 11.1 Å². The fraction of sp³-hybridized carbons (Fsp3) is 0.500. The molecule has 0 aliphatic carbocycles. The number of hydrogen-bond donors (Lipinski definition) is 2. The lowest BCUT2D eigenvalue weighted by Crippen LogP contribution is -2.05. The van der Waals surface area contributed by atoms with Crippen molar-refractivity contribution < 1.29 is 0 Å². The zero-order valence-corrected chi connectivity index (χ0v) is 6.94. The molecular weight excluding hydrogens is 156 g/mol. The van der Waals surface area contributed by atoms with Crippen LogP contribution >= 0.6 is 0 Å². The molecule has 1 aromatic rings. The third-order valence-electron chi connectivity index (χ3n) is 1.30. The number of aromatic nitrogens is 4. The third kappa shape index (κ3) is 2.31. The second kappa shape index (κ2) is 4.45. The monoisotopic (exact) mass is 168 g/mol. The van der Waals surface area contributed by atoms with E-state index in [1.165, 1.54) is 0 Å². The molecule has 6 heteroatoms. The van der Waals surface area contributed by atoms with Gasteiger partial charge >= 0.3 is 0 Å². The van der Waals surface area contributed by atoms with Crippen LogP contribution in [0.3, 0.4) is 0 Å². The molecule has 0 amide bonds. The van der Waals surface area contributed by atoms with Gasteiger partial charge in [0.15, 0.2) is 0 Å². The van der Waals surface area contributed by atoms with Crippen molar-refractivity contribution in [2.75, 3.05) is 18.4 Å². The van der Waals surface area contributed by atoms with E-state index in [2.05, 4.69) is 20.8 Å². The van der Waals surface area contributed by atoms with Gasteiger partial charge in [-0.1, -0.05) is 17.3 Å².